The molecule has 0 unspecified atom stereocenters. The molecule has 1 aliphatic rings. The van der Waals surface area contributed by atoms with E-state index < -0.39 is 5.97 Å². The number of H-pyrrole nitrogens is 1. The summed E-state index contributed by atoms with van der Waals surface area (Å²) in [5.74, 6) is -1.05. The van der Waals surface area contributed by atoms with Gasteiger partial charge in [0.05, 0.1) is 11.3 Å². The van der Waals surface area contributed by atoms with E-state index in [1.165, 1.54) is 6.20 Å². The zero-order valence-electron chi connectivity index (χ0n) is 14.9. The molecule has 1 aliphatic heterocycles. The lowest BCUT2D eigenvalue weighted by Gasteiger charge is -2.29. The number of nitrogens with one attached hydrogen (secondary N) is 1. The molecule has 0 fully saturated rings. The number of fused-ring (bicyclic) bond motifs is 3. The highest BCUT2D eigenvalue weighted by molar-refractivity contribution is 6.17. The molecule has 0 atom stereocenters. The van der Waals surface area contributed by atoms with Gasteiger partial charge in [-0.3, -0.25) is 4.79 Å². The number of unbranched alkanes of at least 4 members (excludes halogenated alkanes) is 1. The molecule has 1 amide bonds. The van der Waals surface area contributed by atoms with Crippen LogP contribution in [0.4, 0.5) is 0 Å². The molecular weight excluding hydrogens is 316 g/mol. The Morgan fingerprint density at radius 3 is 2.68 bits per heavy atom. The lowest BCUT2D eigenvalue weighted by molar-refractivity contribution is -0.130. The quantitative estimate of drug-likeness (QED) is 0.886. The van der Waals surface area contributed by atoms with E-state index >= 15 is 0 Å². The summed E-state index contributed by atoms with van der Waals surface area (Å²) in [5, 5.41) is 10.8. The molecular formula is C20H24N2O3. The second kappa shape index (κ2) is 6.39. The Bertz CT molecular complexity index is 861. The summed E-state index contributed by atoms with van der Waals surface area (Å²) in [6, 6.07) is 7.83. The minimum Gasteiger partial charge on any atom is -0.478 e. The zero-order chi connectivity index (χ0) is 18.2. The van der Waals surface area contributed by atoms with Crippen LogP contribution in [-0.4, -0.2) is 33.4 Å². The number of amides is 1. The zero-order valence-corrected chi connectivity index (χ0v) is 14.9. The number of aromatic amines is 1. The largest absolute Gasteiger partial charge is 0.478 e. The highest BCUT2D eigenvalue weighted by atomic mass is 16.4. The Morgan fingerprint density at radius 1 is 1.28 bits per heavy atom. The van der Waals surface area contributed by atoms with Crippen molar-refractivity contribution in [1.29, 1.82) is 0 Å². The average molecular weight is 340 g/mol. The van der Waals surface area contributed by atoms with Gasteiger partial charge in [-0.15, -0.1) is 0 Å². The second-order valence-electron chi connectivity index (χ2n) is 7.28. The first-order chi connectivity index (χ1) is 11.8. The van der Waals surface area contributed by atoms with Crippen LogP contribution in [0.15, 0.2) is 30.5 Å². The van der Waals surface area contributed by atoms with Crippen molar-refractivity contribution in [3.05, 3.63) is 41.7 Å². The smallest absolute Gasteiger partial charge is 0.339 e. The SMILES string of the molecule is CCCCC(=O)N1C=C(C(=O)O)c2[nH]c3ccccc3c2C(C)(C)C1. The number of para-hydroxylation sites is 1. The third kappa shape index (κ3) is 3.06. The number of carboxylic acid groups (broad SMARTS) is 1. The number of benzene rings is 1. The van der Waals surface area contributed by atoms with Crippen molar-refractivity contribution in [2.45, 2.75) is 45.4 Å². The molecule has 2 N–H and O–H groups in total. The van der Waals surface area contributed by atoms with E-state index in [0.717, 1.165) is 29.3 Å². The summed E-state index contributed by atoms with van der Waals surface area (Å²) >= 11 is 0. The predicted octanol–water partition coefficient (Wildman–Crippen LogP) is 3.90. The van der Waals surface area contributed by atoms with Crippen molar-refractivity contribution in [3.63, 3.8) is 0 Å². The molecule has 0 bridgehead atoms. The monoisotopic (exact) mass is 340 g/mol. The summed E-state index contributed by atoms with van der Waals surface area (Å²) in [5.41, 5.74) is 2.25. The summed E-state index contributed by atoms with van der Waals surface area (Å²) in [6.45, 7) is 6.62. The van der Waals surface area contributed by atoms with Crippen LogP contribution in [0, 0.1) is 0 Å². The maximum absolute atomic E-state index is 12.6. The molecule has 3 rings (SSSR count). The van der Waals surface area contributed by atoms with Crippen LogP contribution in [-0.2, 0) is 15.0 Å². The molecule has 5 nitrogen and oxygen atoms in total. The van der Waals surface area contributed by atoms with Crippen LogP contribution in [0.2, 0.25) is 0 Å². The highest BCUT2D eigenvalue weighted by Crippen LogP contribution is 2.40. The molecule has 1 aromatic carbocycles. The third-order valence-corrected chi connectivity index (χ3v) is 4.80. The van der Waals surface area contributed by atoms with Gasteiger partial charge < -0.3 is 15.0 Å². The van der Waals surface area contributed by atoms with E-state index in [4.69, 9.17) is 0 Å². The fourth-order valence-electron chi connectivity index (χ4n) is 3.61. The number of hydrogen-bond donors (Lipinski definition) is 2. The maximum atomic E-state index is 12.6. The minimum absolute atomic E-state index is 0.0249. The number of carboxylic acids is 1. The topological polar surface area (TPSA) is 73.4 Å². The Kier molecular flexibility index (Phi) is 4.41. The van der Waals surface area contributed by atoms with Gasteiger partial charge in [0.2, 0.25) is 5.91 Å². The van der Waals surface area contributed by atoms with Crippen LogP contribution >= 0.6 is 0 Å². The molecule has 0 saturated carbocycles. The summed E-state index contributed by atoms with van der Waals surface area (Å²) < 4.78 is 0. The van der Waals surface area contributed by atoms with Gasteiger partial charge in [0, 0.05) is 35.5 Å². The summed E-state index contributed by atoms with van der Waals surface area (Å²) in [4.78, 5) is 29.3. The Labute approximate surface area is 147 Å². The van der Waals surface area contributed by atoms with Gasteiger partial charge in [-0.05, 0) is 18.1 Å². The lowest BCUT2D eigenvalue weighted by Crippen LogP contribution is -2.36. The number of carbonyl (C=O) groups excluding carboxylic acids is 1. The standard InChI is InChI=1S/C20H24N2O3/c1-4-5-10-16(23)22-11-14(19(24)25)18-17(20(2,3)12-22)13-8-6-7-9-15(13)21-18/h6-9,11,21H,4-5,10,12H2,1-3H3,(H,24,25). The maximum Gasteiger partial charge on any atom is 0.339 e. The van der Waals surface area contributed by atoms with E-state index in [1.54, 1.807) is 4.90 Å². The molecule has 0 spiro atoms. The molecule has 1 aromatic heterocycles. The fraction of sp³-hybridized carbons (Fsp3) is 0.400. The number of aliphatic carboxylic acids is 1. The van der Waals surface area contributed by atoms with Crippen LogP contribution in [0.25, 0.3) is 16.5 Å². The van der Waals surface area contributed by atoms with Crippen LogP contribution < -0.4 is 0 Å². The molecule has 0 radical (unpaired) electrons. The van der Waals surface area contributed by atoms with Gasteiger partial charge in [0.25, 0.3) is 0 Å². The van der Waals surface area contributed by atoms with Crippen LogP contribution in [0.5, 0.6) is 0 Å². The van der Waals surface area contributed by atoms with Gasteiger partial charge in [0.15, 0.2) is 0 Å². The van der Waals surface area contributed by atoms with Gasteiger partial charge in [0.1, 0.15) is 0 Å². The predicted molar refractivity (Wildman–Crippen MR) is 98.2 cm³/mol. The van der Waals surface area contributed by atoms with E-state index in [1.807, 2.05) is 31.2 Å². The van der Waals surface area contributed by atoms with E-state index in [2.05, 4.69) is 18.8 Å². The van der Waals surface area contributed by atoms with Crippen molar-refractivity contribution >= 4 is 28.4 Å². The van der Waals surface area contributed by atoms with Gasteiger partial charge >= 0.3 is 5.97 Å². The molecule has 2 heterocycles. The summed E-state index contributed by atoms with van der Waals surface area (Å²) in [7, 11) is 0. The van der Waals surface area contributed by atoms with E-state index in [9.17, 15) is 14.7 Å². The molecule has 0 aliphatic carbocycles. The second-order valence-corrected chi connectivity index (χ2v) is 7.28. The number of carbonyl (C=O) groups is 2. The fourth-order valence-corrected chi connectivity index (χ4v) is 3.61. The highest BCUT2D eigenvalue weighted by Gasteiger charge is 2.36. The molecule has 132 valence electrons. The number of rotatable bonds is 4. The molecule has 0 saturated heterocycles. The van der Waals surface area contributed by atoms with E-state index in [-0.39, 0.29) is 16.9 Å². The Hall–Kier alpha value is -2.56. The normalized spacial score (nSPS) is 16.3. The van der Waals surface area contributed by atoms with Crippen molar-refractivity contribution in [2.24, 2.45) is 0 Å². The third-order valence-electron chi connectivity index (χ3n) is 4.80. The molecule has 25 heavy (non-hydrogen) atoms. The first kappa shape index (κ1) is 17.3. The van der Waals surface area contributed by atoms with Crippen molar-refractivity contribution < 1.29 is 14.7 Å². The molecule has 2 aromatic rings. The number of aromatic nitrogens is 1. The Morgan fingerprint density at radius 2 is 2.00 bits per heavy atom. The minimum atomic E-state index is -1.03. The molecule has 5 heteroatoms. The van der Waals surface area contributed by atoms with Crippen molar-refractivity contribution in [2.75, 3.05) is 6.54 Å². The van der Waals surface area contributed by atoms with Crippen LogP contribution in [0.3, 0.4) is 0 Å². The summed E-state index contributed by atoms with van der Waals surface area (Å²) in [6.07, 6.45) is 3.68. The van der Waals surface area contributed by atoms with Crippen molar-refractivity contribution in [1.82, 2.24) is 9.88 Å². The van der Waals surface area contributed by atoms with E-state index in [0.29, 0.717) is 18.7 Å². The number of nitrogens with zero attached hydrogens (tertiary/aromatic N) is 1. The van der Waals surface area contributed by atoms with Gasteiger partial charge in [-0.25, -0.2) is 4.79 Å². The number of hydrogen-bond acceptors (Lipinski definition) is 2. The van der Waals surface area contributed by atoms with Crippen molar-refractivity contribution in [3.8, 4) is 0 Å². The Balaban J connectivity index is 2.17. The average Bonchev–Trinajstić information content (AvgIpc) is 2.90. The van der Waals surface area contributed by atoms with Gasteiger partial charge in [-0.2, -0.15) is 0 Å². The van der Waals surface area contributed by atoms with Gasteiger partial charge in [-0.1, -0.05) is 45.4 Å². The van der Waals surface area contributed by atoms with Crippen LogP contribution in [0.1, 0.15) is 51.3 Å². The first-order valence-corrected chi connectivity index (χ1v) is 8.71. The lowest BCUT2D eigenvalue weighted by atomic mass is 9.82. The first-order valence-electron chi connectivity index (χ1n) is 8.71.